The fraction of sp³-hybridized carbons (Fsp3) is 0.370. The van der Waals surface area contributed by atoms with Crippen molar-refractivity contribution in [3.63, 3.8) is 0 Å². The molecule has 31 heavy (non-hydrogen) atoms. The molecule has 3 rings (SSSR count). The summed E-state index contributed by atoms with van der Waals surface area (Å²) < 4.78 is 0. The van der Waals surface area contributed by atoms with Gasteiger partial charge in [0.15, 0.2) is 5.82 Å². The van der Waals surface area contributed by atoms with E-state index in [9.17, 15) is 4.79 Å². The molecule has 2 aromatic carbocycles. The minimum absolute atomic E-state index is 0.214. The molecule has 0 saturated heterocycles. The van der Waals surface area contributed by atoms with Gasteiger partial charge in [-0.15, -0.1) is 0 Å². The molecule has 0 saturated carbocycles. The van der Waals surface area contributed by atoms with E-state index < -0.39 is 5.97 Å². The molecular weight excluding hydrogens is 384 g/mol. The summed E-state index contributed by atoms with van der Waals surface area (Å²) in [5, 5.41) is 8.75. The molecule has 0 aliphatic carbocycles. The number of aromatic nitrogens is 2. The van der Waals surface area contributed by atoms with E-state index in [1.165, 1.54) is 43.2 Å². The Kier molecular flexibility index (Phi) is 8.77. The van der Waals surface area contributed by atoms with Crippen molar-refractivity contribution in [1.82, 2.24) is 9.97 Å². The third-order valence-corrected chi connectivity index (χ3v) is 5.56. The summed E-state index contributed by atoms with van der Waals surface area (Å²) in [6.45, 7) is 2.24. The molecule has 1 N–H and O–H groups in total. The zero-order chi connectivity index (χ0) is 21.9. The van der Waals surface area contributed by atoms with Crippen molar-refractivity contribution in [2.75, 3.05) is 0 Å². The smallest absolute Gasteiger partial charge is 0.303 e. The lowest BCUT2D eigenvalue weighted by atomic mass is 10.0. The highest BCUT2D eigenvalue weighted by molar-refractivity contribution is 5.68. The fourth-order valence-corrected chi connectivity index (χ4v) is 3.68. The lowest BCUT2D eigenvalue weighted by molar-refractivity contribution is -0.137. The van der Waals surface area contributed by atoms with Gasteiger partial charge in [-0.05, 0) is 47.9 Å². The number of unbranched alkanes of at least 4 members (excludes halogenated alkanes) is 4. The number of hydrogen-bond donors (Lipinski definition) is 1. The van der Waals surface area contributed by atoms with Gasteiger partial charge in [0, 0.05) is 24.4 Å². The van der Waals surface area contributed by atoms with Gasteiger partial charge in [0.05, 0.1) is 0 Å². The van der Waals surface area contributed by atoms with Crippen molar-refractivity contribution >= 4 is 5.97 Å². The van der Waals surface area contributed by atoms with E-state index >= 15 is 0 Å². The number of carboxylic acid groups (broad SMARTS) is 1. The topological polar surface area (TPSA) is 63.1 Å². The number of aliphatic carboxylic acids is 1. The maximum atomic E-state index is 10.6. The van der Waals surface area contributed by atoms with E-state index in [0.29, 0.717) is 6.42 Å². The van der Waals surface area contributed by atoms with Gasteiger partial charge in [0.25, 0.3) is 0 Å². The summed E-state index contributed by atoms with van der Waals surface area (Å²) in [6, 6.07) is 16.7. The van der Waals surface area contributed by atoms with Gasteiger partial charge in [0.1, 0.15) is 0 Å². The maximum Gasteiger partial charge on any atom is 0.303 e. The van der Waals surface area contributed by atoms with E-state index in [-0.39, 0.29) is 6.42 Å². The molecular formula is C27H32N2O2. The second-order valence-corrected chi connectivity index (χ2v) is 8.10. The number of benzene rings is 2. The van der Waals surface area contributed by atoms with Crippen LogP contribution in [0.25, 0.3) is 22.5 Å². The molecule has 4 nitrogen and oxygen atoms in total. The molecule has 1 heterocycles. The highest BCUT2D eigenvalue weighted by atomic mass is 16.4. The lowest BCUT2D eigenvalue weighted by Crippen LogP contribution is -1.95. The fourth-order valence-electron chi connectivity index (χ4n) is 3.68. The molecule has 0 amide bonds. The van der Waals surface area contributed by atoms with E-state index in [4.69, 9.17) is 5.11 Å². The maximum absolute atomic E-state index is 10.6. The van der Waals surface area contributed by atoms with E-state index in [1.807, 2.05) is 12.4 Å². The van der Waals surface area contributed by atoms with Crippen LogP contribution in [0.4, 0.5) is 0 Å². The monoisotopic (exact) mass is 416 g/mol. The normalized spacial score (nSPS) is 10.9. The number of aryl methyl sites for hydroxylation is 2. The van der Waals surface area contributed by atoms with Crippen LogP contribution >= 0.6 is 0 Å². The van der Waals surface area contributed by atoms with Gasteiger partial charge >= 0.3 is 5.97 Å². The Morgan fingerprint density at radius 2 is 1.26 bits per heavy atom. The summed E-state index contributed by atoms with van der Waals surface area (Å²) in [6.07, 6.45) is 13.0. The van der Waals surface area contributed by atoms with Crippen molar-refractivity contribution in [3.05, 3.63) is 72.1 Å². The highest BCUT2D eigenvalue weighted by Crippen LogP contribution is 2.24. The number of carbonyl (C=O) groups is 1. The van der Waals surface area contributed by atoms with E-state index in [0.717, 1.165) is 35.4 Å². The Labute approximate surface area is 185 Å². The van der Waals surface area contributed by atoms with Crippen molar-refractivity contribution in [3.8, 4) is 22.5 Å². The molecule has 0 bridgehead atoms. The van der Waals surface area contributed by atoms with Crippen LogP contribution in [0.3, 0.4) is 0 Å². The third kappa shape index (κ3) is 7.32. The van der Waals surface area contributed by atoms with Crippen LogP contribution in [0.1, 0.15) is 63.0 Å². The van der Waals surface area contributed by atoms with Crippen molar-refractivity contribution in [1.29, 1.82) is 0 Å². The number of nitrogens with zero attached hydrogens (tertiary/aromatic N) is 2. The summed E-state index contributed by atoms with van der Waals surface area (Å²) in [5.41, 5.74) is 5.68. The van der Waals surface area contributed by atoms with Gasteiger partial charge in [-0.1, -0.05) is 81.1 Å². The lowest BCUT2D eigenvalue weighted by Gasteiger charge is -2.06. The number of rotatable bonds is 12. The van der Waals surface area contributed by atoms with Gasteiger partial charge in [-0.2, -0.15) is 0 Å². The molecule has 0 radical (unpaired) electrons. The summed E-state index contributed by atoms with van der Waals surface area (Å²) in [4.78, 5) is 19.8. The van der Waals surface area contributed by atoms with Crippen molar-refractivity contribution < 1.29 is 9.90 Å². The van der Waals surface area contributed by atoms with Crippen LogP contribution in [-0.4, -0.2) is 21.0 Å². The average molecular weight is 417 g/mol. The third-order valence-electron chi connectivity index (χ3n) is 5.56. The van der Waals surface area contributed by atoms with Crippen molar-refractivity contribution in [2.24, 2.45) is 0 Å². The SMILES string of the molecule is CCCCCCCc1cnc(-c2ccc(-c3ccc(CCCC(=O)O)cc3)cc2)nc1. The van der Waals surface area contributed by atoms with Crippen LogP contribution in [-0.2, 0) is 17.6 Å². The second-order valence-electron chi connectivity index (χ2n) is 8.10. The van der Waals surface area contributed by atoms with Gasteiger partial charge in [-0.25, -0.2) is 9.97 Å². The van der Waals surface area contributed by atoms with Crippen LogP contribution in [0, 0.1) is 0 Å². The van der Waals surface area contributed by atoms with Crippen LogP contribution in [0.5, 0.6) is 0 Å². The molecule has 4 heteroatoms. The Balaban J connectivity index is 1.55. The molecule has 1 aromatic heterocycles. The Morgan fingerprint density at radius 3 is 1.87 bits per heavy atom. The number of hydrogen-bond acceptors (Lipinski definition) is 3. The first-order valence-electron chi connectivity index (χ1n) is 11.4. The first-order valence-corrected chi connectivity index (χ1v) is 11.4. The largest absolute Gasteiger partial charge is 0.481 e. The Bertz CT molecular complexity index is 932. The molecule has 0 aliphatic heterocycles. The van der Waals surface area contributed by atoms with Gasteiger partial charge in [-0.3, -0.25) is 4.79 Å². The van der Waals surface area contributed by atoms with E-state index in [1.54, 1.807) is 0 Å². The minimum Gasteiger partial charge on any atom is -0.481 e. The minimum atomic E-state index is -0.738. The standard InChI is InChI=1S/C27H32N2O2/c1-2-3-4-5-6-8-22-19-28-27(29-20-22)25-17-15-24(16-18-25)23-13-11-21(12-14-23)9-7-10-26(30)31/h11-20H,2-10H2,1H3,(H,30,31). The zero-order valence-electron chi connectivity index (χ0n) is 18.4. The first-order chi connectivity index (χ1) is 15.2. The average Bonchev–Trinajstić information content (AvgIpc) is 2.80. The Morgan fingerprint density at radius 1 is 0.710 bits per heavy atom. The van der Waals surface area contributed by atoms with Gasteiger partial charge in [0.2, 0.25) is 0 Å². The van der Waals surface area contributed by atoms with Gasteiger partial charge < -0.3 is 5.11 Å². The summed E-state index contributed by atoms with van der Waals surface area (Å²) in [5.74, 6) is 0.0211. The summed E-state index contributed by atoms with van der Waals surface area (Å²) >= 11 is 0. The Hall–Kier alpha value is -3.01. The first kappa shape index (κ1) is 22.7. The summed E-state index contributed by atoms with van der Waals surface area (Å²) in [7, 11) is 0. The van der Waals surface area contributed by atoms with Crippen LogP contribution < -0.4 is 0 Å². The van der Waals surface area contributed by atoms with E-state index in [2.05, 4.69) is 65.4 Å². The molecule has 0 atom stereocenters. The molecule has 0 fully saturated rings. The second kappa shape index (κ2) is 12.0. The quantitative estimate of drug-likeness (QED) is 0.332. The van der Waals surface area contributed by atoms with Crippen LogP contribution in [0.2, 0.25) is 0 Å². The molecule has 0 unspecified atom stereocenters. The highest BCUT2D eigenvalue weighted by Gasteiger charge is 2.04. The number of carboxylic acids is 1. The zero-order valence-corrected chi connectivity index (χ0v) is 18.4. The molecule has 162 valence electrons. The predicted octanol–water partition coefficient (Wildman–Crippen LogP) is 6.73. The van der Waals surface area contributed by atoms with Crippen LogP contribution in [0.15, 0.2) is 60.9 Å². The van der Waals surface area contributed by atoms with Crippen molar-refractivity contribution in [2.45, 2.75) is 64.7 Å². The molecule has 0 spiro atoms. The molecule has 3 aromatic rings. The predicted molar refractivity (Wildman–Crippen MR) is 126 cm³/mol. The molecule has 0 aliphatic rings.